The molecule has 1 aromatic heterocycles. The normalized spacial score (nSPS) is 10.7. The molecule has 0 saturated heterocycles. The van der Waals surface area contributed by atoms with Crippen molar-refractivity contribution in [3.63, 3.8) is 0 Å². The predicted octanol–water partition coefficient (Wildman–Crippen LogP) is 4.45. The van der Waals surface area contributed by atoms with Crippen LogP contribution in [0.1, 0.15) is 32.0 Å². The Morgan fingerprint density at radius 1 is 0.897 bits per heavy atom. The number of nitrogens with one attached hydrogen (secondary N) is 2. The van der Waals surface area contributed by atoms with Gasteiger partial charge in [-0.15, -0.1) is 0 Å². The number of alkyl halides is 2. The van der Waals surface area contributed by atoms with Crippen LogP contribution in [-0.2, 0) is 13.1 Å². The summed E-state index contributed by atoms with van der Waals surface area (Å²) in [5.41, 5.74) is 1.60. The zero-order valence-corrected chi connectivity index (χ0v) is 16.0. The maximum atomic E-state index is 12.3. The first kappa shape index (κ1) is 20.6. The molecule has 0 spiro atoms. The van der Waals surface area contributed by atoms with Crippen molar-refractivity contribution in [3.8, 4) is 0 Å². The Balaban J connectivity index is 1.54. The van der Waals surface area contributed by atoms with Crippen molar-refractivity contribution in [1.82, 2.24) is 10.6 Å². The van der Waals surface area contributed by atoms with Crippen molar-refractivity contribution < 1.29 is 22.8 Å². The van der Waals surface area contributed by atoms with Crippen LogP contribution >= 0.6 is 11.8 Å². The fourth-order valence-electron chi connectivity index (χ4n) is 2.58. The Bertz CT molecular complexity index is 960. The minimum absolute atomic E-state index is 0.228. The number of rotatable bonds is 8. The smallest absolute Gasteiger partial charge is 0.288 e. The number of carbonyl (C=O) groups is 2. The van der Waals surface area contributed by atoms with Gasteiger partial charge in [-0.3, -0.25) is 9.59 Å². The first-order valence-corrected chi connectivity index (χ1v) is 9.62. The number of hydrogen-bond donors (Lipinski definition) is 2. The number of furan rings is 1. The Morgan fingerprint density at radius 3 is 2.31 bits per heavy atom. The molecule has 0 unspecified atom stereocenters. The van der Waals surface area contributed by atoms with Gasteiger partial charge in [-0.2, -0.15) is 8.78 Å². The molecule has 0 aliphatic carbocycles. The summed E-state index contributed by atoms with van der Waals surface area (Å²) < 4.78 is 29.9. The van der Waals surface area contributed by atoms with E-state index in [4.69, 9.17) is 4.42 Å². The van der Waals surface area contributed by atoms with E-state index in [2.05, 4.69) is 10.6 Å². The molecule has 0 radical (unpaired) electrons. The Morgan fingerprint density at radius 2 is 1.62 bits per heavy atom. The molecule has 8 heteroatoms. The van der Waals surface area contributed by atoms with E-state index in [1.165, 1.54) is 30.5 Å². The van der Waals surface area contributed by atoms with E-state index in [1.54, 1.807) is 36.4 Å². The van der Waals surface area contributed by atoms with E-state index >= 15 is 0 Å². The van der Waals surface area contributed by atoms with E-state index < -0.39 is 5.76 Å². The Hall–Kier alpha value is -3.13. The molecular formula is C21H18F2N2O3S. The molecule has 0 fully saturated rings. The van der Waals surface area contributed by atoms with Crippen LogP contribution in [0.2, 0.25) is 0 Å². The van der Waals surface area contributed by atoms with Crippen LogP contribution in [0.15, 0.2) is 76.2 Å². The molecule has 0 bridgehead atoms. The second-order valence-electron chi connectivity index (χ2n) is 6.05. The van der Waals surface area contributed by atoms with E-state index in [0.717, 1.165) is 5.56 Å². The molecule has 29 heavy (non-hydrogen) atoms. The van der Waals surface area contributed by atoms with Crippen LogP contribution in [0.4, 0.5) is 8.78 Å². The highest BCUT2D eigenvalue weighted by atomic mass is 32.2. The lowest BCUT2D eigenvalue weighted by Gasteiger charge is -2.08. The first-order chi connectivity index (χ1) is 14.0. The molecule has 0 atom stereocenters. The third-order valence-corrected chi connectivity index (χ3v) is 4.71. The van der Waals surface area contributed by atoms with Crippen LogP contribution in [0, 0.1) is 0 Å². The summed E-state index contributed by atoms with van der Waals surface area (Å²) >= 11 is 0.428. The summed E-state index contributed by atoms with van der Waals surface area (Å²) in [5, 5.41) is 5.52. The largest absolute Gasteiger partial charge is 0.467 e. The number of thioether (sulfide) groups is 1. The van der Waals surface area contributed by atoms with Crippen molar-refractivity contribution in [3.05, 3.63) is 89.4 Å². The Kier molecular flexibility index (Phi) is 7.02. The summed E-state index contributed by atoms with van der Waals surface area (Å²) in [6.07, 6.45) is 1.54. The zero-order valence-electron chi connectivity index (χ0n) is 15.2. The molecule has 5 nitrogen and oxygen atoms in total. The molecule has 0 saturated carbocycles. The van der Waals surface area contributed by atoms with E-state index in [-0.39, 0.29) is 24.9 Å². The lowest BCUT2D eigenvalue weighted by Crippen LogP contribution is -2.24. The zero-order chi connectivity index (χ0) is 20.6. The lowest BCUT2D eigenvalue weighted by atomic mass is 10.1. The van der Waals surface area contributed by atoms with Crippen LogP contribution in [-0.4, -0.2) is 17.6 Å². The second kappa shape index (κ2) is 9.88. The molecule has 3 rings (SSSR count). The average molecular weight is 416 g/mol. The molecule has 2 aromatic carbocycles. The molecule has 2 amide bonds. The topological polar surface area (TPSA) is 71.3 Å². The van der Waals surface area contributed by atoms with Crippen molar-refractivity contribution in [2.24, 2.45) is 0 Å². The predicted molar refractivity (Wildman–Crippen MR) is 106 cm³/mol. The van der Waals surface area contributed by atoms with Crippen molar-refractivity contribution in [2.45, 2.75) is 23.7 Å². The van der Waals surface area contributed by atoms with Gasteiger partial charge in [-0.05, 0) is 54.1 Å². The summed E-state index contributed by atoms with van der Waals surface area (Å²) in [7, 11) is 0. The van der Waals surface area contributed by atoms with Gasteiger partial charge in [0.05, 0.1) is 12.8 Å². The highest BCUT2D eigenvalue weighted by Crippen LogP contribution is 2.25. The third kappa shape index (κ3) is 6.18. The molecule has 1 heterocycles. The number of amides is 2. The van der Waals surface area contributed by atoms with Crippen molar-refractivity contribution in [2.75, 3.05) is 0 Å². The molecule has 0 aliphatic rings. The van der Waals surface area contributed by atoms with Gasteiger partial charge in [0.25, 0.3) is 17.6 Å². The monoisotopic (exact) mass is 416 g/mol. The van der Waals surface area contributed by atoms with Crippen molar-refractivity contribution >= 4 is 23.6 Å². The maximum Gasteiger partial charge on any atom is 0.288 e. The minimum atomic E-state index is -2.50. The fraction of sp³-hybridized carbons (Fsp3) is 0.143. The van der Waals surface area contributed by atoms with Gasteiger partial charge in [0.2, 0.25) is 0 Å². The lowest BCUT2D eigenvalue weighted by molar-refractivity contribution is 0.0943. The number of halogens is 2. The Labute approximate surface area is 170 Å². The summed E-state index contributed by atoms with van der Waals surface area (Å²) in [6.45, 7) is 0.512. The van der Waals surface area contributed by atoms with Gasteiger partial charge in [0.1, 0.15) is 5.76 Å². The van der Waals surface area contributed by atoms with E-state index in [1.807, 2.05) is 0 Å². The average Bonchev–Trinajstić information content (AvgIpc) is 3.24. The van der Waals surface area contributed by atoms with E-state index in [0.29, 0.717) is 33.5 Å². The van der Waals surface area contributed by atoms with Gasteiger partial charge in [-0.1, -0.05) is 23.9 Å². The minimum Gasteiger partial charge on any atom is -0.467 e. The van der Waals surface area contributed by atoms with Gasteiger partial charge < -0.3 is 15.1 Å². The first-order valence-electron chi connectivity index (χ1n) is 8.74. The van der Waals surface area contributed by atoms with E-state index in [9.17, 15) is 18.4 Å². The third-order valence-electron chi connectivity index (χ3n) is 3.99. The summed E-state index contributed by atoms with van der Waals surface area (Å²) in [5.74, 6) is -2.43. The van der Waals surface area contributed by atoms with Crippen molar-refractivity contribution in [1.29, 1.82) is 0 Å². The maximum absolute atomic E-state index is 12.3. The van der Waals surface area contributed by atoms with Gasteiger partial charge in [0, 0.05) is 22.6 Å². The van der Waals surface area contributed by atoms with Gasteiger partial charge in [-0.25, -0.2) is 0 Å². The molecule has 3 aromatic rings. The van der Waals surface area contributed by atoms with Gasteiger partial charge in [0.15, 0.2) is 0 Å². The van der Waals surface area contributed by atoms with Crippen LogP contribution in [0.25, 0.3) is 0 Å². The highest BCUT2D eigenvalue weighted by molar-refractivity contribution is 7.99. The summed E-state index contributed by atoms with van der Waals surface area (Å²) in [6, 6.07) is 16.4. The van der Waals surface area contributed by atoms with Gasteiger partial charge >= 0.3 is 0 Å². The number of benzene rings is 2. The van der Waals surface area contributed by atoms with Crippen LogP contribution in [0.5, 0.6) is 0 Å². The van der Waals surface area contributed by atoms with Crippen LogP contribution in [0.3, 0.4) is 0 Å². The fourth-order valence-corrected chi connectivity index (χ4v) is 3.08. The second-order valence-corrected chi connectivity index (χ2v) is 7.11. The van der Waals surface area contributed by atoms with Crippen LogP contribution < -0.4 is 10.6 Å². The molecule has 0 aliphatic heterocycles. The number of carbonyl (C=O) groups excluding carboxylic acids is 2. The summed E-state index contributed by atoms with van der Waals surface area (Å²) in [4.78, 5) is 24.9. The number of hydrogen-bond acceptors (Lipinski definition) is 4. The SMILES string of the molecule is O=C(NCc1cccc(C(=O)NCc2ccco2)c1)c1ccc(SC(F)F)cc1. The standard InChI is InChI=1S/C21H18F2N2O3S/c22-21(23)29-18-8-6-15(7-9-18)19(26)24-12-14-3-1-4-16(11-14)20(27)25-13-17-5-2-10-28-17/h1-11,21H,12-13H2,(H,24,26)(H,25,27). The molecular weight excluding hydrogens is 398 g/mol. The molecule has 150 valence electrons. The molecule has 2 N–H and O–H groups in total. The highest BCUT2D eigenvalue weighted by Gasteiger charge is 2.10. The quantitative estimate of drug-likeness (QED) is 0.532.